The van der Waals surface area contributed by atoms with Crippen LogP contribution in [0.2, 0.25) is 0 Å². The molecule has 0 saturated heterocycles. The average Bonchev–Trinajstić information content (AvgIpc) is 2.88. The van der Waals surface area contributed by atoms with E-state index in [-0.39, 0.29) is 18.0 Å². The van der Waals surface area contributed by atoms with Crippen LogP contribution >= 0.6 is 15.9 Å². The first kappa shape index (κ1) is 24.9. The summed E-state index contributed by atoms with van der Waals surface area (Å²) in [4.78, 5) is 22.4. The molecule has 0 aromatic heterocycles. The number of nitrogens with one attached hydrogen (secondary N) is 1. The number of nitro groups is 1. The van der Waals surface area contributed by atoms with Crippen LogP contribution in [-0.4, -0.2) is 24.2 Å². The molecule has 1 N–H and O–H groups in total. The molecule has 0 unspecified atom stereocenters. The van der Waals surface area contributed by atoms with Crippen LogP contribution in [0.1, 0.15) is 16.7 Å². The van der Waals surface area contributed by atoms with Crippen LogP contribution in [0.4, 0.5) is 5.69 Å². The monoisotopic (exact) mass is 547 g/mol. The van der Waals surface area contributed by atoms with E-state index in [1.165, 1.54) is 18.3 Å². The van der Waals surface area contributed by atoms with Gasteiger partial charge in [0.2, 0.25) is 5.91 Å². The summed E-state index contributed by atoms with van der Waals surface area (Å²) in [7, 11) is 1.56. The summed E-state index contributed by atoms with van der Waals surface area (Å²) >= 11 is 3.54. The number of hydrazone groups is 1. The summed E-state index contributed by atoms with van der Waals surface area (Å²) in [6.45, 7) is 0.364. The lowest BCUT2D eigenvalue weighted by molar-refractivity contribution is -0.384. The van der Waals surface area contributed by atoms with Crippen molar-refractivity contribution in [3.8, 4) is 11.5 Å². The Bertz CT molecular complexity index is 1430. The third kappa shape index (κ3) is 6.05. The lowest BCUT2D eigenvalue weighted by atomic mass is 10.1. The lowest BCUT2D eigenvalue weighted by Gasteiger charge is -2.14. The Morgan fingerprint density at radius 1 is 1.08 bits per heavy atom. The summed E-state index contributed by atoms with van der Waals surface area (Å²) in [6.07, 6.45) is 1.54. The van der Waals surface area contributed by atoms with Crippen molar-refractivity contribution in [2.24, 2.45) is 5.10 Å². The molecule has 0 atom stereocenters. The maximum atomic E-state index is 12.2. The molecule has 36 heavy (non-hydrogen) atoms. The van der Waals surface area contributed by atoms with Crippen LogP contribution in [0.5, 0.6) is 11.5 Å². The SMILES string of the molecule is COc1cc(/C=N/NC(=O)Cc2ccc([N+](=O)[O-])cc2)cc(Br)c1OCc1cccc2ccccc12. The molecule has 0 heterocycles. The van der Waals surface area contributed by atoms with E-state index in [1.807, 2.05) is 30.3 Å². The molecule has 0 aliphatic carbocycles. The Balaban J connectivity index is 1.40. The number of fused-ring (bicyclic) bond motifs is 1. The Labute approximate surface area is 215 Å². The number of carbonyl (C=O) groups excluding carboxylic acids is 1. The molecule has 0 spiro atoms. The van der Waals surface area contributed by atoms with Crippen molar-refractivity contribution in [3.05, 3.63) is 110 Å². The molecule has 8 nitrogen and oxygen atoms in total. The number of ether oxygens (including phenoxy) is 2. The smallest absolute Gasteiger partial charge is 0.269 e. The Hall–Kier alpha value is -4.24. The van der Waals surface area contributed by atoms with Gasteiger partial charge in [-0.1, -0.05) is 54.6 Å². The first-order valence-corrected chi connectivity index (χ1v) is 11.8. The van der Waals surface area contributed by atoms with Crippen LogP contribution in [0.25, 0.3) is 10.8 Å². The van der Waals surface area contributed by atoms with Crippen LogP contribution in [0.15, 0.2) is 88.4 Å². The van der Waals surface area contributed by atoms with Gasteiger partial charge < -0.3 is 9.47 Å². The summed E-state index contributed by atoms with van der Waals surface area (Å²) in [5.41, 5.74) is 4.82. The third-order valence-corrected chi connectivity index (χ3v) is 6.01. The maximum absolute atomic E-state index is 12.2. The van der Waals surface area contributed by atoms with Gasteiger partial charge in [-0.15, -0.1) is 0 Å². The Morgan fingerprint density at radius 2 is 1.83 bits per heavy atom. The molecule has 0 saturated carbocycles. The number of nitro benzene ring substituents is 1. The number of methoxy groups -OCH3 is 1. The number of carbonyl (C=O) groups is 1. The van der Waals surface area contributed by atoms with Crippen molar-refractivity contribution in [2.45, 2.75) is 13.0 Å². The molecule has 9 heteroatoms. The summed E-state index contributed by atoms with van der Waals surface area (Å²) in [6, 6.07) is 23.6. The van der Waals surface area contributed by atoms with Crippen molar-refractivity contribution >= 4 is 44.5 Å². The van der Waals surface area contributed by atoms with Crippen molar-refractivity contribution < 1.29 is 19.2 Å². The van der Waals surface area contributed by atoms with Crippen molar-refractivity contribution in [1.29, 1.82) is 0 Å². The van der Waals surface area contributed by atoms with Gasteiger partial charge in [0.1, 0.15) is 6.61 Å². The van der Waals surface area contributed by atoms with Gasteiger partial charge >= 0.3 is 0 Å². The number of rotatable bonds is 9. The van der Waals surface area contributed by atoms with E-state index >= 15 is 0 Å². The molecule has 0 aliphatic heterocycles. The molecule has 0 aliphatic rings. The zero-order valence-electron chi connectivity index (χ0n) is 19.3. The zero-order chi connectivity index (χ0) is 25.5. The second-order valence-corrected chi connectivity index (χ2v) is 8.71. The minimum Gasteiger partial charge on any atom is -0.493 e. The normalized spacial score (nSPS) is 10.9. The topological polar surface area (TPSA) is 103 Å². The van der Waals surface area contributed by atoms with Gasteiger partial charge in [-0.05, 0) is 55.5 Å². The van der Waals surface area contributed by atoms with E-state index in [1.54, 1.807) is 25.3 Å². The number of non-ortho nitro benzene ring substituents is 1. The zero-order valence-corrected chi connectivity index (χ0v) is 20.9. The standard InChI is InChI=1S/C27H22BrN3O5/c1-35-25-14-19(16-29-30-26(32)15-18-9-11-22(12-10-18)31(33)34)13-24(28)27(25)36-17-21-7-4-6-20-5-2-3-8-23(20)21/h2-14,16H,15,17H2,1H3,(H,30,32)/b29-16+. The van der Waals surface area contributed by atoms with Crippen molar-refractivity contribution in [3.63, 3.8) is 0 Å². The van der Waals surface area contributed by atoms with Crippen LogP contribution in [0.3, 0.4) is 0 Å². The van der Waals surface area contributed by atoms with Crippen LogP contribution < -0.4 is 14.9 Å². The second kappa shape index (κ2) is 11.5. The highest BCUT2D eigenvalue weighted by molar-refractivity contribution is 9.10. The van der Waals surface area contributed by atoms with E-state index in [0.29, 0.717) is 33.7 Å². The van der Waals surface area contributed by atoms with Crippen LogP contribution in [0, 0.1) is 10.1 Å². The van der Waals surface area contributed by atoms with Gasteiger partial charge in [0.05, 0.1) is 29.1 Å². The average molecular weight is 548 g/mol. The van der Waals surface area contributed by atoms with Crippen molar-refractivity contribution in [1.82, 2.24) is 5.43 Å². The molecule has 0 radical (unpaired) electrons. The van der Waals surface area contributed by atoms with Gasteiger partial charge in [0.25, 0.3) is 5.69 Å². The van der Waals surface area contributed by atoms with E-state index in [9.17, 15) is 14.9 Å². The van der Waals surface area contributed by atoms with E-state index in [4.69, 9.17) is 9.47 Å². The first-order chi connectivity index (χ1) is 17.4. The van der Waals surface area contributed by atoms with Crippen LogP contribution in [-0.2, 0) is 17.8 Å². The molecular formula is C27H22BrN3O5. The predicted octanol–water partition coefficient (Wildman–Crippen LogP) is 5.79. The third-order valence-electron chi connectivity index (χ3n) is 5.42. The summed E-state index contributed by atoms with van der Waals surface area (Å²) in [5.74, 6) is 0.731. The van der Waals surface area contributed by atoms with Gasteiger partial charge in [0, 0.05) is 12.1 Å². The van der Waals surface area contributed by atoms with Crippen molar-refractivity contribution in [2.75, 3.05) is 7.11 Å². The largest absolute Gasteiger partial charge is 0.493 e. The number of hydrogen-bond donors (Lipinski definition) is 1. The highest BCUT2D eigenvalue weighted by Gasteiger charge is 2.13. The molecule has 4 aromatic rings. The van der Waals surface area contributed by atoms with E-state index in [0.717, 1.165) is 16.3 Å². The highest BCUT2D eigenvalue weighted by Crippen LogP contribution is 2.37. The van der Waals surface area contributed by atoms with Gasteiger partial charge in [-0.25, -0.2) is 5.43 Å². The fourth-order valence-corrected chi connectivity index (χ4v) is 4.24. The van der Waals surface area contributed by atoms with Gasteiger partial charge in [-0.2, -0.15) is 5.10 Å². The van der Waals surface area contributed by atoms with Gasteiger partial charge in [0.15, 0.2) is 11.5 Å². The molecule has 4 rings (SSSR count). The molecular weight excluding hydrogens is 526 g/mol. The minimum absolute atomic E-state index is 0.0266. The summed E-state index contributed by atoms with van der Waals surface area (Å²) < 4.78 is 12.3. The molecule has 182 valence electrons. The molecule has 1 amide bonds. The number of nitrogens with zero attached hydrogens (tertiary/aromatic N) is 2. The highest BCUT2D eigenvalue weighted by atomic mass is 79.9. The predicted molar refractivity (Wildman–Crippen MR) is 142 cm³/mol. The second-order valence-electron chi connectivity index (χ2n) is 7.85. The maximum Gasteiger partial charge on any atom is 0.269 e. The van der Waals surface area contributed by atoms with E-state index < -0.39 is 4.92 Å². The molecule has 0 fully saturated rings. The number of halogens is 1. The Morgan fingerprint density at radius 3 is 2.58 bits per heavy atom. The Kier molecular flexibility index (Phi) is 7.92. The minimum atomic E-state index is -0.486. The fraction of sp³-hybridized carbons (Fsp3) is 0.111. The van der Waals surface area contributed by atoms with E-state index in [2.05, 4.69) is 44.7 Å². The lowest BCUT2D eigenvalue weighted by Crippen LogP contribution is -2.19. The van der Waals surface area contributed by atoms with Gasteiger partial charge in [-0.3, -0.25) is 14.9 Å². The quantitative estimate of drug-likeness (QED) is 0.162. The summed E-state index contributed by atoms with van der Waals surface area (Å²) in [5, 5.41) is 17.0. The number of hydrogen-bond acceptors (Lipinski definition) is 6. The number of amides is 1. The fourth-order valence-electron chi connectivity index (χ4n) is 3.66. The molecule has 4 aromatic carbocycles. The number of benzene rings is 4. The molecule has 0 bridgehead atoms. The first-order valence-electron chi connectivity index (χ1n) is 11.0.